The molecule has 5 nitrogen and oxygen atoms in total. The van der Waals surface area contributed by atoms with E-state index in [1.165, 1.54) is 25.5 Å². The minimum absolute atomic E-state index is 0.0783. The molecule has 5 heteroatoms. The Balaban J connectivity index is 1.36. The number of hydrogen-bond acceptors (Lipinski definition) is 4. The van der Waals surface area contributed by atoms with Crippen LogP contribution in [0.1, 0.15) is 46.6 Å². The third-order valence-electron chi connectivity index (χ3n) is 5.06. The molecule has 0 radical (unpaired) electrons. The molecule has 4 rings (SSSR count). The predicted molar refractivity (Wildman–Crippen MR) is 87.8 cm³/mol. The van der Waals surface area contributed by atoms with Crippen molar-refractivity contribution in [2.75, 3.05) is 5.32 Å². The molecule has 1 N–H and O–H groups in total. The number of fused-ring (bicyclic) bond motifs is 2. The van der Waals surface area contributed by atoms with Crippen LogP contribution in [0, 0.1) is 11.8 Å². The highest BCUT2D eigenvalue weighted by molar-refractivity contribution is 6.02. The Hall–Kier alpha value is -2.56. The van der Waals surface area contributed by atoms with Crippen LogP contribution in [0.15, 0.2) is 47.1 Å². The third kappa shape index (κ3) is 2.94. The molecule has 24 heavy (non-hydrogen) atoms. The number of anilines is 1. The van der Waals surface area contributed by atoms with Crippen LogP contribution >= 0.6 is 0 Å². The van der Waals surface area contributed by atoms with E-state index in [1.807, 2.05) is 0 Å². The van der Waals surface area contributed by atoms with Crippen LogP contribution < -0.4 is 5.32 Å². The van der Waals surface area contributed by atoms with Gasteiger partial charge in [-0.1, -0.05) is 0 Å². The molecule has 2 fully saturated rings. The van der Waals surface area contributed by atoms with E-state index in [0.29, 0.717) is 17.2 Å². The maximum Gasteiger partial charge on any atom is 0.338 e. The molecule has 2 bridgehead atoms. The van der Waals surface area contributed by atoms with Crippen molar-refractivity contribution in [2.45, 2.75) is 31.8 Å². The zero-order chi connectivity index (χ0) is 16.5. The smallest absolute Gasteiger partial charge is 0.338 e. The molecule has 0 saturated heterocycles. The van der Waals surface area contributed by atoms with Crippen molar-refractivity contribution in [1.82, 2.24) is 0 Å². The van der Waals surface area contributed by atoms with E-state index in [2.05, 4.69) is 5.32 Å². The van der Waals surface area contributed by atoms with E-state index < -0.39 is 0 Å². The van der Waals surface area contributed by atoms with Crippen LogP contribution in [0.5, 0.6) is 0 Å². The maximum atomic E-state index is 12.3. The monoisotopic (exact) mass is 325 g/mol. The molecule has 2 saturated carbocycles. The van der Waals surface area contributed by atoms with E-state index in [0.717, 1.165) is 12.3 Å². The summed E-state index contributed by atoms with van der Waals surface area (Å²) >= 11 is 0. The van der Waals surface area contributed by atoms with E-state index in [4.69, 9.17) is 9.15 Å². The van der Waals surface area contributed by atoms with Gasteiger partial charge < -0.3 is 14.5 Å². The molecule has 0 aliphatic heterocycles. The van der Waals surface area contributed by atoms with Gasteiger partial charge in [0.1, 0.15) is 6.10 Å². The van der Waals surface area contributed by atoms with E-state index in [9.17, 15) is 9.59 Å². The molecule has 2 aliphatic rings. The number of esters is 1. The summed E-state index contributed by atoms with van der Waals surface area (Å²) in [6.07, 6.45) is 6.20. The van der Waals surface area contributed by atoms with Crippen LogP contribution in [0.3, 0.4) is 0 Å². The highest BCUT2D eigenvalue weighted by Gasteiger charge is 2.41. The van der Waals surface area contributed by atoms with Crippen molar-refractivity contribution in [3.05, 3.63) is 54.0 Å². The van der Waals surface area contributed by atoms with Crippen molar-refractivity contribution in [3.8, 4) is 0 Å². The molecule has 3 atom stereocenters. The molecule has 1 aromatic heterocycles. The van der Waals surface area contributed by atoms with Crippen LogP contribution in [-0.4, -0.2) is 18.0 Å². The van der Waals surface area contributed by atoms with Gasteiger partial charge in [0, 0.05) is 5.69 Å². The van der Waals surface area contributed by atoms with Gasteiger partial charge in [0.25, 0.3) is 5.91 Å². The van der Waals surface area contributed by atoms with Gasteiger partial charge in [-0.05, 0) is 73.9 Å². The summed E-state index contributed by atoms with van der Waals surface area (Å²) in [7, 11) is 0. The first kappa shape index (κ1) is 15.0. The van der Waals surface area contributed by atoms with Gasteiger partial charge in [-0.25, -0.2) is 4.79 Å². The zero-order valence-electron chi connectivity index (χ0n) is 13.2. The molecular weight excluding hydrogens is 306 g/mol. The second kappa shape index (κ2) is 6.15. The molecule has 2 aromatic rings. The third-order valence-corrected chi connectivity index (χ3v) is 5.06. The molecule has 1 heterocycles. The van der Waals surface area contributed by atoms with Crippen LogP contribution in [0.4, 0.5) is 5.69 Å². The molecule has 3 unspecified atom stereocenters. The van der Waals surface area contributed by atoms with Crippen molar-refractivity contribution >= 4 is 17.6 Å². The number of ether oxygens (including phenoxy) is 1. The van der Waals surface area contributed by atoms with Gasteiger partial charge in [-0.2, -0.15) is 0 Å². The highest BCUT2D eigenvalue weighted by atomic mass is 16.5. The lowest BCUT2D eigenvalue weighted by atomic mass is 9.98. The van der Waals surface area contributed by atoms with Gasteiger partial charge >= 0.3 is 5.97 Å². The fourth-order valence-electron chi connectivity index (χ4n) is 3.83. The Labute approximate surface area is 140 Å². The van der Waals surface area contributed by atoms with Crippen LogP contribution in [0.2, 0.25) is 0 Å². The molecule has 1 amide bonds. The number of furan rings is 1. The van der Waals surface area contributed by atoms with Crippen molar-refractivity contribution in [2.24, 2.45) is 11.8 Å². The van der Waals surface area contributed by atoms with Gasteiger partial charge in [0.2, 0.25) is 0 Å². The number of carbonyl (C=O) groups excluding carboxylic acids is 2. The maximum absolute atomic E-state index is 12.3. The van der Waals surface area contributed by atoms with Gasteiger partial charge in [0.05, 0.1) is 11.8 Å². The summed E-state index contributed by atoms with van der Waals surface area (Å²) in [4.78, 5) is 24.2. The van der Waals surface area contributed by atoms with Gasteiger partial charge in [-0.3, -0.25) is 4.79 Å². The molecule has 1 aromatic carbocycles. The Kier molecular flexibility index (Phi) is 3.84. The Morgan fingerprint density at radius 2 is 1.92 bits per heavy atom. The number of carbonyl (C=O) groups is 2. The zero-order valence-corrected chi connectivity index (χ0v) is 13.2. The average molecular weight is 325 g/mol. The Morgan fingerprint density at radius 1 is 1.08 bits per heavy atom. The lowest BCUT2D eigenvalue weighted by Crippen LogP contribution is -2.24. The Morgan fingerprint density at radius 3 is 2.54 bits per heavy atom. The largest absolute Gasteiger partial charge is 0.459 e. The lowest BCUT2D eigenvalue weighted by Gasteiger charge is -2.21. The molecule has 124 valence electrons. The summed E-state index contributed by atoms with van der Waals surface area (Å²) < 4.78 is 10.7. The molecule has 0 spiro atoms. The Bertz CT molecular complexity index is 735. The second-order valence-corrected chi connectivity index (χ2v) is 6.63. The highest BCUT2D eigenvalue weighted by Crippen LogP contribution is 2.46. The summed E-state index contributed by atoms with van der Waals surface area (Å²) in [5.41, 5.74) is 1.11. The normalized spacial score (nSPS) is 24.8. The van der Waals surface area contributed by atoms with Crippen LogP contribution in [-0.2, 0) is 4.74 Å². The number of benzene rings is 1. The first-order valence-corrected chi connectivity index (χ1v) is 8.35. The average Bonchev–Trinajstić information content (AvgIpc) is 3.33. The molecule has 2 aliphatic carbocycles. The summed E-state index contributed by atoms with van der Waals surface area (Å²) in [5.74, 6) is 0.932. The number of nitrogens with one attached hydrogen (secondary N) is 1. The first-order valence-electron chi connectivity index (χ1n) is 8.35. The summed E-state index contributed by atoms with van der Waals surface area (Å²) in [6, 6.07) is 9.98. The minimum Gasteiger partial charge on any atom is -0.459 e. The standard InChI is InChI=1S/C19H19NO4/c21-18(16-2-1-9-23-16)20-15-7-5-13(6-8-15)19(22)24-17-11-12-3-4-14(17)10-12/h1-2,5-9,12,14,17H,3-4,10-11H2,(H,20,21). The van der Waals surface area contributed by atoms with E-state index in [-0.39, 0.29) is 23.7 Å². The predicted octanol–water partition coefficient (Wildman–Crippen LogP) is 3.88. The first-order chi connectivity index (χ1) is 11.7. The fourth-order valence-corrected chi connectivity index (χ4v) is 3.83. The quantitative estimate of drug-likeness (QED) is 0.866. The fraction of sp³-hybridized carbons (Fsp3) is 0.368. The molecular formula is C19H19NO4. The lowest BCUT2D eigenvalue weighted by molar-refractivity contribution is 0.0158. The topological polar surface area (TPSA) is 68.5 Å². The van der Waals surface area contributed by atoms with Crippen molar-refractivity contribution < 1.29 is 18.7 Å². The van der Waals surface area contributed by atoms with E-state index in [1.54, 1.807) is 36.4 Å². The SMILES string of the molecule is O=C(OC1CC2CCC1C2)c1ccc(NC(=O)c2ccco2)cc1. The van der Waals surface area contributed by atoms with E-state index >= 15 is 0 Å². The number of rotatable bonds is 4. The second-order valence-electron chi connectivity index (χ2n) is 6.63. The van der Waals surface area contributed by atoms with Gasteiger partial charge in [0.15, 0.2) is 5.76 Å². The summed E-state index contributed by atoms with van der Waals surface area (Å²) in [5, 5.41) is 2.72. The minimum atomic E-state index is -0.322. The summed E-state index contributed by atoms with van der Waals surface area (Å²) in [6.45, 7) is 0. The number of amides is 1. The van der Waals surface area contributed by atoms with Crippen LogP contribution in [0.25, 0.3) is 0 Å². The van der Waals surface area contributed by atoms with Crippen molar-refractivity contribution in [3.63, 3.8) is 0 Å². The number of hydrogen-bond donors (Lipinski definition) is 1. The van der Waals surface area contributed by atoms with Gasteiger partial charge in [-0.15, -0.1) is 0 Å². The van der Waals surface area contributed by atoms with Crippen molar-refractivity contribution in [1.29, 1.82) is 0 Å².